The molecule has 0 spiro atoms. The number of rotatable bonds is 11. The number of unbranched alkanes of at least 4 members (excludes halogenated alkanes) is 3. The molecular weight excluding hydrogens is 381 g/mol. The Bertz CT molecular complexity index is 389. The summed E-state index contributed by atoms with van der Waals surface area (Å²) in [5.74, 6) is 0.844. The number of aromatic nitrogens is 1. The van der Waals surface area contributed by atoms with Crippen molar-refractivity contribution in [3.05, 3.63) is 11.2 Å². The molecule has 0 radical (unpaired) electrons. The molecule has 1 aliphatic rings. The average molecular weight is 414 g/mol. The van der Waals surface area contributed by atoms with Gasteiger partial charge >= 0.3 is 140 Å². The van der Waals surface area contributed by atoms with Gasteiger partial charge in [-0.2, -0.15) is 0 Å². The molecule has 120 valence electrons. The van der Waals surface area contributed by atoms with Crippen molar-refractivity contribution in [2.75, 3.05) is 0 Å². The summed E-state index contributed by atoms with van der Waals surface area (Å²) in [4.78, 5) is 4.84. The predicted molar refractivity (Wildman–Crippen MR) is 98.6 cm³/mol. The number of nitrogens with zero attached hydrogens (tertiary/aromatic N) is 1. The Morgan fingerprint density at radius 1 is 1.00 bits per heavy atom. The Labute approximate surface area is 139 Å². The van der Waals surface area contributed by atoms with Crippen molar-refractivity contribution < 1.29 is 0 Å². The summed E-state index contributed by atoms with van der Waals surface area (Å²) in [6.45, 7) is 7.08. The Balaban J connectivity index is 2.19. The number of thiazole rings is 1. The molecule has 0 bridgehead atoms. The van der Waals surface area contributed by atoms with Crippen LogP contribution in [0.15, 0.2) is 6.20 Å². The summed E-state index contributed by atoms with van der Waals surface area (Å²) in [6, 6.07) is 0. The van der Waals surface area contributed by atoms with Gasteiger partial charge in [0.25, 0.3) is 0 Å². The molecule has 1 heterocycles. The van der Waals surface area contributed by atoms with Gasteiger partial charge in [0, 0.05) is 0 Å². The van der Waals surface area contributed by atoms with Crippen molar-refractivity contribution in [2.45, 2.75) is 91.4 Å². The standard InChI is InChI=1S/C6H6NS.3C4H9.Sn/c1-2-5(1)6-7-3-4-8-6;3*1-3-4-2;/h3,5H,1-2H2;3*1,3-4H2,2H3;. The van der Waals surface area contributed by atoms with Crippen LogP contribution in [0.25, 0.3) is 0 Å². The van der Waals surface area contributed by atoms with E-state index < -0.39 is 18.4 Å². The van der Waals surface area contributed by atoms with Gasteiger partial charge in [0.2, 0.25) is 0 Å². The molecule has 0 saturated heterocycles. The molecule has 1 aliphatic carbocycles. The third-order valence-corrected chi connectivity index (χ3v) is 24.3. The number of hydrogen-bond acceptors (Lipinski definition) is 2. The molecule has 0 aliphatic heterocycles. The molecule has 0 amide bonds. The van der Waals surface area contributed by atoms with E-state index >= 15 is 0 Å². The Morgan fingerprint density at radius 2 is 1.52 bits per heavy atom. The summed E-state index contributed by atoms with van der Waals surface area (Å²) in [7, 11) is 0. The van der Waals surface area contributed by atoms with Gasteiger partial charge in [0.05, 0.1) is 0 Å². The van der Waals surface area contributed by atoms with Crippen molar-refractivity contribution >= 4 is 32.6 Å². The van der Waals surface area contributed by atoms with Crippen LogP contribution in [0.3, 0.4) is 0 Å². The number of hydrogen-bond donors (Lipinski definition) is 0. The van der Waals surface area contributed by atoms with E-state index in [1.54, 1.807) is 13.3 Å². The van der Waals surface area contributed by atoms with Crippen LogP contribution in [-0.2, 0) is 0 Å². The normalized spacial score (nSPS) is 15.6. The average Bonchev–Trinajstić information content (AvgIpc) is 3.24. The van der Waals surface area contributed by atoms with E-state index in [1.807, 2.05) is 2.89 Å². The van der Waals surface area contributed by atoms with Crippen LogP contribution in [0.1, 0.15) is 83.1 Å². The van der Waals surface area contributed by atoms with Crippen molar-refractivity contribution in [2.24, 2.45) is 0 Å². The van der Waals surface area contributed by atoms with E-state index in [4.69, 9.17) is 4.98 Å². The molecule has 1 aromatic rings. The van der Waals surface area contributed by atoms with Crippen LogP contribution in [0.2, 0.25) is 13.3 Å². The second-order valence-corrected chi connectivity index (χ2v) is 22.2. The van der Waals surface area contributed by atoms with Gasteiger partial charge < -0.3 is 0 Å². The molecule has 2 rings (SSSR count). The van der Waals surface area contributed by atoms with Gasteiger partial charge in [0.15, 0.2) is 0 Å². The summed E-state index contributed by atoms with van der Waals surface area (Å²) in [5, 5.41) is 1.48. The van der Waals surface area contributed by atoms with Gasteiger partial charge in [-0.15, -0.1) is 0 Å². The van der Waals surface area contributed by atoms with Gasteiger partial charge in [-0.3, -0.25) is 0 Å². The molecule has 0 atom stereocenters. The van der Waals surface area contributed by atoms with Crippen molar-refractivity contribution in [3.63, 3.8) is 0 Å². The van der Waals surface area contributed by atoms with Crippen LogP contribution < -0.4 is 2.89 Å². The molecule has 0 unspecified atom stereocenters. The minimum atomic E-state index is -2.15. The van der Waals surface area contributed by atoms with Crippen molar-refractivity contribution in [3.8, 4) is 0 Å². The van der Waals surface area contributed by atoms with Crippen molar-refractivity contribution in [1.82, 2.24) is 4.98 Å². The second kappa shape index (κ2) is 8.90. The maximum atomic E-state index is 4.84. The first kappa shape index (κ1) is 17.8. The van der Waals surface area contributed by atoms with Gasteiger partial charge in [-0.05, 0) is 0 Å². The fourth-order valence-corrected chi connectivity index (χ4v) is 23.2. The molecular formula is C18H33NSSn. The zero-order valence-corrected chi connectivity index (χ0v) is 18.0. The van der Waals surface area contributed by atoms with Crippen LogP contribution in [-0.4, -0.2) is 23.4 Å². The summed E-state index contributed by atoms with van der Waals surface area (Å²) >= 11 is -0.00893. The maximum absolute atomic E-state index is 4.84. The third-order valence-electron chi connectivity index (χ3n) is 5.00. The summed E-state index contributed by atoms with van der Waals surface area (Å²) < 4.78 is 6.56. The second-order valence-electron chi connectivity index (χ2n) is 6.93. The van der Waals surface area contributed by atoms with E-state index in [2.05, 4.69) is 38.3 Å². The fourth-order valence-electron chi connectivity index (χ4n) is 3.34. The molecule has 1 nitrogen and oxygen atoms in total. The third kappa shape index (κ3) is 4.95. The summed E-state index contributed by atoms with van der Waals surface area (Å²) in [6.07, 6.45) is 13.6. The molecule has 21 heavy (non-hydrogen) atoms. The Hall–Kier alpha value is 0.429. The zero-order valence-electron chi connectivity index (χ0n) is 14.3. The van der Waals surface area contributed by atoms with E-state index in [0.717, 1.165) is 5.92 Å². The SMILES string of the molecule is CCC[CH2][Sn]([CH2]CCC)([CH2]CCC)[c]1cnc(C2CC2)s1. The first-order valence-corrected chi connectivity index (χ1v) is 17.5. The zero-order chi connectivity index (χ0) is 15.1. The van der Waals surface area contributed by atoms with Crippen LogP contribution in [0.5, 0.6) is 0 Å². The molecule has 3 heteroatoms. The quantitative estimate of drug-likeness (QED) is 0.400. The predicted octanol–water partition coefficient (Wildman–Crippen LogP) is 6.08. The monoisotopic (exact) mass is 415 g/mol. The van der Waals surface area contributed by atoms with Gasteiger partial charge in [-0.25, -0.2) is 0 Å². The van der Waals surface area contributed by atoms with Crippen LogP contribution in [0, 0.1) is 0 Å². The van der Waals surface area contributed by atoms with E-state index in [0.29, 0.717) is 0 Å². The first-order valence-electron chi connectivity index (χ1n) is 9.22. The van der Waals surface area contributed by atoms with E-state index in [-0.39, 0.29) is 0 Å². The topological polar surface area (TPSA) is 12.9 Å². The molecule has 0 aromatic carbocycles. The molecule has 1 fully saturated rings. The minimum absolute atomic E-state index is 0.844. The fraction of sp³-hybridized carbons (Fsp3) is 0.833. The Kier molecular flexibility index (Phi) is 7.54. The Morgan fingerprint density at radius 3 is 1.95 bits per heavy atom. The molecule has 1 aromatic heterocycles. The van der Waals surface area contributed by atoms with E-state index in [9.17, 15) is 0 Å². The van der Waals surface area contributed by atoms with Crippen LogP contribution in [0.4, 0.5) is 0 Å². The van der Waals surface area contributed by atoms with Gasteiger partial charge in [-0.1, -0.05) is 0 Å². The van der Waals surface area contributed by atoms with Gasteiger partial charge in [0.1, 0.15) is 0 Å². The summed E-state index contributed by atoms with van der Waals surface area (Å²) in [5.41, 5.74) is 0. The van der Waals surface area contributed by atoms with E-state index in [1.165, 1.54) is 56.4 Å². The van der Waals surface area contributed by atoms with Crippen molar-refractivity contribution in [1.29, 1.82) is 0 Å². The first-order chi connectivity index (χ1) is 10.3. The molecule has 0 N–H and O–H groups in total. The molecule has 1 saturated carbocycles. The van der Waals surface area contributed by atoms with Crippen LogP contribution >= 0.6 is 11.3 Å².